The number of carbonyl (C=O) groups excluding carboxylic acids is 2. The number of carbonyl (C=O) groups is 2. The zero-order valence-corrected chi connectivity index (χ0v) is 12.8. The van der Waals surface area contributed by atoms with Gasteiger partial charge in [0, 0.05) is 6.54 Å². The molecule has 0 aromatic rings. The van der Waals surface area contributed by atoms with Gasteiger partial charge in [0.15, 0.2) is 0 Å². The van der Waals surface area contributed by atoms with Crippen molar-refractivity contribution >= 4 is 23.6 Å². The van der Waals surface area contributed by atoms with Gasteiger partial charge < -0.3 is 10.2 Å². The molecule has 1 aliphatic heterocycles. The molecule has 0 saturated carbocycles. The lowest BCUT2D eigenvalue weighted by Gasteiger charge is -2.44. The van der Waals surface area contributed by atoms with Crippen molar-refractivity contribution < 1.29 is 9.59 Å². The molecule has 1 saturated heterocycles. The van der Waals surface area contributed by atoms with Crippen LogP contribution in [0.5, 0.6) is 0 Å². The molecule has 18 heavy (non-hydrogen) atoms. The molecule has 1 aliphatic rings. The lowest BCUT2D eigenvalue weighted by Crippen LogP contribution is -2.69. The predicted octanol–water partition coefficient (Wildman–Crippen LogP) is 1.50. The Labute approximate surface area is 114 Å². The summed E-state index contributed by atoms with van der Waals surface area (Å²) in [5.41, 5.74) is -0.776. The molecule has 1 N–H and O–H groups in total. The third-order valence-corrected chi connectivity index (χ3v) is 3.91. The molecule has 0 aromatic carbocycles. The number of rotatable bonds is 5. The molecule has 0 spiro atoms. The number of amides is 2. The second-order valence-electron chi connectivity index (χ2n) is 5.65. The Kier molecular flexibility index (Phi) is 5.08. The van der Waals surface area contributed by atoms with E-state index >= 15 is 0 Å². The van der Waals surface area contributed by atoms with Crippen molar-refractivity contribution in [3.05, 3.63) is 0 Å². The molecular formula is C13H24N2O2S. The van der Waals surface area contributed by atoms with Gasteiger partial charge in [-0.25, -0.2) is 0 Å². The van der Waals surface area contributed by atoms with Crippen molar-refractivity contribution in [1.82, 2.24) is 10.2 Å². The topological polar surface area (TPSA) is 49.4 Å². The fourth-order valence-electron chi connectivity index (χ4n) is 2.34. The van der Waals surface area contributed by atoms with Gasteiger partial charge in [0.2, 0.25) is 11.8 Å². The molecule has 1 unspecified atom stereocenters. The van der Waals surface area contributed by atoms with Gasteiger partial charge in [0.05, 0.1) is 0 Å². The highest BCUT2D eigenvalue weighted by molar-refractivity contribution is 7.98. The Morgan fingerprint density at radius 1 is 1.39 bits per heavy atom. The summed E-state index contributed by atoms with van der Waals surface area (Å²) < 4.78 is 0. The van der Waals surface area contributed by atoms with E-state index in [1.54, 1.807) is 30.5 Å². The number of nitrogens with zero attached hydrogens (tertiary/aromatic N) is 1. The van der Waals surface area contributed by atoms with Gasteiger partial charge in [-0.2, -0.15) is 11.8 Å². The number of hydrogen-bond donors (Lipinski definition) is 1. The Morgan fingerprint density at radius 2 is 2.00 bits per heavy atom. The highest BCUT2D eigenvalue weighted by Gasteiger charge is 2.45. The SMILES string of the molecule is CSCCCN1C(=O)C(C)(C)NC(=O)C1C(C)C. The zero-order valence-electron chi connectivity index (χ0n) is 11.9. The molecule has 4 nitrogen and oxygen atoms in total. The van der Waals surface area contributed by atoms with Crippen LogP contribution in [-0.4, -0.2) is 46.8 Å². The molecule has 0 bridgehead atoms. The van der Waals surface area contributed by atoms with Gasteiger partial charge in [-0.15, -0.1) is 0 Å². The molecule has 1 rings (SSSR count). The first-order chi connectivity index (χ1) is 8.31. The van der Waals surface area contributed by atoms with Crippen LogP contribution >= 0.6 is 11.8 Å². The lowest BCUT2D eigenvalue weighted by molar-refractivity contribution is -0.155. The van der Waals surface area contributed by atoms with Crippen molar-refractivity contribution in [3.63, 3.8) is 0 Å². The Hall–Kier alpha value is -0.710. The van der Waals surface area contributed by atoms with Crippen LogP contribution in [0.25, 0.3) is 0 Å². The molecule has 0 radical (unpaired) electrons. The molecule has 0 aliphatic carbocycles. The van der Waals surface area contributed by atoms with E-state index < -0.39 is 5.54 Å². The van der Waals surface area contributed by atoms with Crippen LogP contribution in [-0.2, 0) is 9.59 Å². The van der Waals surface area contributed by atoms with Gasteiger partial charge in [-0.05, 0) is 38.2 Å². The van der Waals surface area contributed by atoms with Crippen LogP contribution in [0.4, 0.5) is 0 Å². The first-order valence-corrected chi connectivity index (χ1v) is 7.82. The lowest BCUT2D eigenvalue weighted by atomic mass is 9.91. The number of hydrogen-bond acceptors (Lipinski definition) is 3. The minimum Gasteiger partial charge on any atom is -0.340 e. The number of nitrogens with one attached hydrogen (secondary N) is 1. The van der Waals surface area contributed by atoms with E-state index in [2.05, 4.69) is 11.6 Å². The largest absolute Gasteiger partial charge is 0.340 e. The average molecular weight is 272 g/mol. The van der Waals surface area contributed by atoms with E-state index in [4.69, 9.17) is 0 Å². The fraction of sp³-hybridized carbons (Fsp3) is 0.846. The predicted molar refractivity (Wildman–Crippen MR) is 75.6 cm³/mol. The summed E-state index contributed by atoms with van der Waals surface area (Å²) >= 11 is 1.76. The van der Waals surface area contributed by atoms with Crippen molar-refractivity contribution in [2.75, 3.05) is 18.6 Å². The van der Waals surface area contributed by atoms with E-state index in [1.807, 2.05) is 13.8 Å². The maximum Gasteiger partial charge on any atom is 0.248 e. The Bertz CT molecular complexity index is 329. The molecule has 2 amide bonds. The normalized spacial score (nSPS) is 23.4. The van der Waals surface area contributed by atoms with Crippen molar-refractivity contribution in [1.29, 1.82) is 0 Å². The second-order valence-corrected chi connectivity index (χ2v) is 6.63. The summed E-state index contributed by atoms with van der Waals surface area (Å²) in [7, 11) is 0. The summed E-state index contributed by atoms with van der Waals surface area (Å²) in [5, 5.41) is 2.82. The summed E-state index contributed by atoms with van der Waals surface area (Å²) in [6.45, 7) is 8.17. The molecule has 1 fully saturated rings. The van der Waals surface area contributed by atoms with Crippen molar-refractivity contribution in [2.24, 2.45) is 5.92 Å². The average Bonchev–Trinajstić information content (AvgIpc) is 2.24. The van der Waals surface area contributed by atoms with Gasteiger partial charge in [-0.3, -0.25) is 9.59 Å². The minimum atomic E-state index is -0.776. The number of thioether (sulfide) groups is 1. The Morgan fingerprint density at radius 3 is 2.50 bits per heavy atom. The van der Waals surface area contributed by atoms with Crippen molar-refractivity contribution in [3.8, 4) is 0 Å². The van der Waals surface area contributed by atoms with E-state index in [-0.39, 0.29) is 23.8 Å². The molecule has 1 heterocycles. The smallest absolute Gasteiger partial charge is 0.248 e. The van der Waals surface area contributed by atoms with Crippen molar-refractivity contribution in [2.45, 2.75) is 45.7 Å². The third-order valence-electron chi connectivity index (χ3n) is 3.21. The maximum absolute atomic E-state index is 12.4. The van der Waals surface area contributed by atoms with Gasteiger partial charge >= 0.3 is 0 Å². The fourth-order valence-corrected chi connectivity index (χ4v) is 2.76. The van der Waals surface area contributed by atoms with Crippen LogP contribution in [0.3, 0.4) is 0 Å². The summed E-state index contributed by atoms with van der Waals surface area (Å²) in [5.74, 6) is 1.15. The summed E-state index contributed by atoms with van der Waals surface area (Å²) in [6.07, 6.45) is 2.98. The molecule has 0 aromatic heterocycles. The first-order valence-electron chi connectivity index (χ1n) is 6.43. The molecule has 5 heteroatoms. The molecule has 104 valence electrons. The number of piperazine rings is 1. The summed E-state index contributed by atoms with van der Waals surface area (Å²) in [4.78, 5) is 26.3. The van der Waals surface area contributed by atoms with Crippen LogP contribution < -0.4 is 5.32 Å². The third kappa shape index (κ3) is 3.19. The van der Waals surface area contributed by atoms with Crippen LogP contribution in [0.1, 0.15) is 34.1 Å². The quantitative estimate of drug-likeness (QED) is 0.772. The van der Waals surface area contributed by atoms with Gasteiger partial charge in [-0.1, -0.05) is 13.8 Å². The van der Waals surface area contributed by atoms with Gasteiger partial charge in [0.25, 0.3) is 0 Å². The van der Waals surface area contributed by atoms with E-state index in [0.29, 0.717) is 6.54 Å². The highest BCUT2D eigenvalue weighted by atomic mass is 32.2. The maximum atomic E-state index is 12.4. The van der Waals surface area contributed by atoms with E-state index in [9.17, 15) is 9.59 Å². The standard InChI is InChI=1S/C13H24N2O2S/c1-9(2)10-11(16)14-13(3,4)12(17)15(10)7-6-8-18-5/h9-10H,6-8H2,1-5H3,(H,14,16). The van der Waals surface area contributed by atoms with Gasteiger partial charge in [0.1, 0.15) is 11.6 Å². The Balaban J connectivity index is 2.88. The highest BCUT2D eigenvalue weighted by Crippen LogP contribution is 2.23. The van der Waals surface area contributed by atoms with Crippen LogP contribution in [0, 0.1) is 5.92 Å². The van der Waals surface area contributed by atoms with Crippen LogP contribution in [0.15, 0.2) is 0 Å². The van der Waals surface area contributed by atoms with Crippen LogP contribution in [0.2, 0.25) is 0 Å². The first kappa shape index (κ1) is 15.3. The zero-order chi connectivity index (χ0) is 13.9. The summed E-state index contributed by atoms with van der Waals surface area (Å²) in [6, 6.07) is -0.326. The van der Waals surface area contributed by atoms with E-state index in [0.717, 1.165) is 12.2 Å². The second kappa shape index (κ2) is 5.95. The monoisotopic (exact) mass is 272 g/mol. The molecular weight excluding hydrogens is 248 g/mol. The van der Waals surface area contributed by atoms with E-state index in [1.165, 1.54) is 0 Å². The minimum absolute atomic E-state index is 0.0289. The molecule has 1 atom stereocenters.